The second-order valence-electron chi connectivity index (χ2n) is 9.19. The van der Waals surface area contributed by atoms with E-state index in [1.807, 2.05) is 63.5 Å². The quantitative estimate of drug-likeness (QED) is 0.329. The van der Waals surface area contributed by atoms with Gasteiger partial charge < -0.3 is 14.2 Å². The molecule has 0 bridgehead atoms. The molecule has 5 rings (SSSR count). The molecule has 0 aromatic heterocycles. The van der Waals surface area contributed by atoms with Crippen molar-refractivity contribution in [3.05, 3.63) is 80.8 Å². The van der Waals surface area contributed by atoms with Gasteiger partial charge >= 0.3 is 0 Å². The largest absolute Gasteiger partial charge is 0.495 e. The van der Waals surface area contributed by atoms with Crippen LogP contribution in [0.25, 0.3) is 5.70 Å². The predicted molar refractivity (Wildman–Crippen MR) is 149 cm³/mol. The van der Waals surface area contributed by atoms with Crippen LogP contribution in [-0.4, -0.2) is 51.1 Å². The lowest BCUT2D eigenvalue weighted by Gasteiger charge is -2.27. The normalized spacial score (nSPS) is 15.4. The molecule has 0 saturated carbocycles. The maximum atomic E-state index is 14.5. The van der Waals surface area contributed by atoms with Gasteiger partial charge in [-0.05, 0) is 48.9 Å². The highest BCUT2D eigenvalue weighted by Gasteiger charge is 2.46. The highest BCUT2D eigenvalue weighted by atomic mass is 79.9. The van der Waals surface area contributed by atoms with Crippen molar-refractivity contribution in [2.24, 2.45) is 5.10 Å². The van der Waals surface area contributed by atoms with Crippen LogP contribution in [-0.2, 0) is 4.79 Å². The van der Waals surface area contributed by atoms with Crippen LogP contribution in [0.4, 0.5) is 11.4 Å². The fourth-order valence-electron chi connectivity index (χ4n) is 4.85. The molecule has 2 heterocycles. The molecule has 7 nitrogen and oxygen atoms in total. The van der Waals surface area contributed by atoms with Crippen LogP contribution in [0.2, 0.25) is 5.02 Å². The van der Waals surface area contributed by atoms with Crippen LogP contribution in [0.1, 0.15) is 11.1 Å². The number of rotatable bonds is 5. The van der Waals surface area contributed by atoms with Crippen LogP contribution >= 0.6 is 27.5 Å². The van der Waals surface area contributed by atoms with Gasteiger partial charge in [0.25, 0.3) is 5.91 Å². The lowest BCUT2D eigenvalue weighted by Crippen LogP contribution is -2.35. The monoisotopic (exact) mass is 582 g/mol. The molecule has 1 amide bonds. The molecule has 0 aliphatic carbocycles. The molecular weight excluding hydrogens is 558 g/mol. The lowest BCUT2D eigenvalue weighted by atomic mass is 9.99. The molecule has 0 atom stereocenters. The molecule has 190 valence electrons. The number of anilines is 2. The molecule has 3 aromatic carbocycles. The molecular formula is C28H26BrClN3O4+. The molecule has 2 aliphatic heterocycles. The predicted octanol–water partition coefficient (Wildman–Crippen LogP) is 6.34. The Hall–Kier alpha value is -3.33. The molecule has 0 fully saturated rings. The third-order valence-electron chi connectivity index (χ3n) is 6.48. The summed E-state index contributed by atoms with van der Waals surface area (Å²) in [6.07, 6.45) is 0. The first-order chi connectivity index (χ1) is 17.7. The molecule has 0 unspecified atom stereocenters. The van der Waals surface area contributed by atoms with Gasteiger partial charge in [-0.15, -0.1) is 0 Å². The number of fused-ring (bicyclic) bond motifs is 2. The Morgan fingerprint density at radius 3 is 2.49 bits per heavy atom. The van der Waals surface area contributed by atoms with E-state index in [0.717, 1.165) is 32.6 Å². The Balaban J connectivity index is 1.72. The minimum absolute atomic E-state index is 0.171. The van der Waals surface area contributed by atoms with Gasteiger partial charge in [-0.2, -0.15) is 4.59 Å². The summed E-state index contributed by atoms with van der Waals surface area (Å²) in [5.41, 5.74) is 4.98. The Kier molecular flexibility index (Phi) is 6.52. The Labute approximate surface area is 229 Å². The van der Waals surface area contributed by atoms with Gasteiger partial charge in [0.15, 0.2) is 11.4 Å². The number of ether oxygens (including phenoxy) is 3. The molecule has 3 aromatic rings. The van der Waals surface area contributed by atoms with E-state index in [4.69, 9.17) is 30.9 Å². The topological polar surface area (TPSA) is 60.4 Å². The van der Waals surface area contributed by atoms with Gasteiger partial charge in [-0.3, -0.25) is 9.69 Å². The number of para-hydroxylation sites is 1. The minimum atomic E-state index is -0.316. The van der Waals surface area contributed by atoms with Crippen molar-refractivity contribution in [3.63, 3.8) is 0 Å². The number of benzene rings is 3. The zero-order valence-electron chi connectivity index (χ0n) is 21.1. The van der Waals surface area contributed by atoms with Crippen molar-refractivity contribution in [2.45, 2.75) is 6.92 Å². The molecule has 37 heavy (non-hydrogen) atoms. The highest BCUT2D eigenvalue weighted by molar-refractivity contribution is 9.10. The SMILES string of the molecule is COc1cc(OC)c(N(C(=O)C2=N[N+](C)(C)C3=C2COc2ccccc23)c2ccc(Br)cc2C)cc1Cl. The standard InChI is InChI=1S/C28H26BrClN3O4/c1-16-12-17(29)10-11-21(16)32(22-13-20(30)24(35-4)14-25(22)36-5)28(34)26-19-15-37-23-9-7-6-8-18(23)27(19)33(2,3)31-26/h6-14H,15H2,1-5H3/q+1. The van der Waals surface area contributed by atoms with E-state index in [1.54, 1.807) is 24.1 Å². The van der Waals surface area contributed by atoms with Crippen LogP contribution in [0, 0.1) is 6.92 Å². The molecule has 0 N–H and O–H groups in total. The zero-order chi connectivity index (χ0) is 26.5. The average Bonchev–Trinajstić information content (AvgIpc) is 3.16. The number of hydrogen-bond donors (Lipinski definition) is 0. The molecule has 2 aliphatic rings. The van der Waals surface area contributed by atoms with Crippen molar-refractivity contribution < 1.29 is 23.6 Å². The van der Waals surface area contributed by atoms with Gasteiger partial charge in [0.2, 0.25) is 0 Å². The smallest absolute Gasteiger partial charge is 0.287 e. The number of carbonyl (C=O) groups excluding carboxylic acids is 1. The number of nitrogens with zero attached hydrogens (tertiary/aromatic N) is 3. The maximum absolute atomic E-state index is 14.5. The van der Waals surface area contributed by atoms with Gasteiger partial charge in [-0.25, -0.2) is 0 Å². The third-order valence-corrected chi connectivity index (χ3v) is 7.27. The number of methoxy groups -OCH3 is 2. The molecule has 0 spiro atoms. The summed E-state index contributed by atoms with van der Waals surface area (Å²) in [6, 6.07) is 16.9. The molecule has 0 saturated heterocycles. The van der Waals surface area contributed by atoms with Crippen molar-refractivity contribution in [1.29, 1.82) is 0 Å². The molecule has 9 heteroatoms. The van der Waals surface area contributed by atoms with Crippen LogP contribution in [0.3, 0.4) is 0 Å². The fourth-order valence-corrected chi connectivity index (χ4v) is 5.56. The summed E-state index contributed by atoms with van der Waals surface area (Å²) < 4.78 is 18.2. The average molecular weight is 584 g/mol. The number of amides is 1. The third kappa shape index (κ3) is 4.29. The second-order valence-corrected chi connectivity index (χ2v) is 10.5. The van der Waals surface area contributed by atoms with Crippen LogP contribution < -0.4 is 19.1 Å². The van der Waals surface area contributed by atoms with Gasteiger partial charge in [-0.1, -0.05) is 44.8 Å². The summed E-state index contributed by atoms with van der Waals surface area (Å²) in [4.78, 5) is 16.1. The highest BCUT2D eigenvalue weighted by Crippen LogP contribution is 2.45. The number of carbonyl (C=O) groups is 1. The van der Waals surface area contributed by atoms with E-state index >= 15 is 0 Å². The van der Waals surface area contributed by atoms with Crippen molar-refractivity contribution in [1.82, 2.24) is 0 Å². The first-order valence-corrected chi connectivity index (χ1v) is 12.8. The first-order valence-electron chi connectivity index (χ1n) is 11.6. The maximum Gasteiger partial charge on any atom is 0.287 e. The zero-order valence-corrected chi connectivity index (χ0v) is 23.5. The summed E-state index contributed by atoms with van der Waals surface area (Å²) in [6.45, 7) is 2.19. The van der Waals surface area contributed by atoms with E-state index in [2.05, 4.69) is 15.9 Å². The van der Waals surface area contributed by atoms with E-state index in [0.29, 0.717) is 33.6 Å². The van der Waals surface area contributed by atoms with Gasteiger partial charge in [0.1, 0.15) is 23.9 Å². The second kappa shape index (κ2) is 9.52. The fraction of sp³-hybridized carbons (Fsp3) is 0.214. The number of halogens is 2. The summed E-state index contributed by atoms with van der Waals surface area (Å²) in [5.74, 6) is 1.34. The van der Waals surface area contributed by atoms with E-state index in [9.17, 15) is 4.79 Å². The van der Waals surface area contributed by atoms with E-state index in [-0.39, 0.29) is 17.1 Å². The summed E-state index contributed by atoms with van der Waals surface area (Å²) in [5, 5.41) is 5.25. The van der Waals surface area contributed by atoms with Gasteiger partial charge in [0, 0.05) is 10.5 Å². The van der Waals surface area contributed by atoms with E-state index in [1.165, 1.54) is 7.11 Å². The van der Waals surface area contributed by atoms with Crippen LogP contribution in [0.5, 0.6) is 17.2 Å². The Bertz CT molecular complexity index is 1500. The number of aryl methyl sites for hydroxylation is 1. The Morgan fingerprint density at radius 2 is 1.78 bits per heavy atom. The van der Waals surface area contributed by atoms with Crippen LogP contribution in [0.15, 0.2) is 69.7 Å². The van der Waals surface area contributed by atoms with Crippen molar-refractivity contribution >= 4 is 56.2 Å². The Morgan fingerprint density at radius 1 is 1.05 bits per heavy atom. The van der Waals surface area contributed by atoms with Gasteiger partial charge in [0.05, 0.1) is 55.8 Å². The van der Waals surface area contributed by atoms with E-state index < -0.39 is 0 Å². The van der Waals surface area contributed by atoms with Crippen molar-refractivity contribution in [2.75, 3.05) is 39.8 Å². The van der Waals surface area contributed by atoms with Crippen molar-refractivity contribution in [3.8, 4) is 17.2 Å². The summed E-state index contributed by atoms with van der Waals surface area (Å²) >= 11 is 10.1. The number of quaternary nitrogens is 1. The number of hydrogen-bond acceptors (Lipinski definition) is 5. The lowest BCUT2D eigenvalue weighted by molar-refractivity contribution is -0.822. The first kappa shape index (κ1) is 25.3. The minimum Gasteiger partial charge on any atom is -0.495 e. The summed E-state index contributed by atoms with van der Waals surface area (Å²) in [7, 11) is 6.99. The molecule has 0 radical (unpaired) electrons.